The molecular formula is C13H20BrINO2+. The molecule has 5 heteroatoms. The van der Waals surface area contributed by atoms with E-state index in [1.807, 2.05) is 24.3 Å². The lowest BCUT2D eigenvalue weighted by atomic mass is 10.2. The summed E-state index contributed by atoms with van der Waals surface area (Å²) in [4.78, 5) is 10.8. The van der Waals surface area contributed by atoms with Gasteiger partial charge in [-0.1, -0.05) is 40.2 Å². The molecule has 1 N–H and O–H groups in total. The number of carbonyl (C=O) groups excluding carboxylic acids is 1. The molecule has 0 fully saturated rings. The molecule has 1 aromatic rings. The van der Waals surface area contributed by atoms with E-state index < -0.39 is 0 Å². The highest BCUT2D eigenvalue weighted by atomic mass is 127. The molecule has 0 spiro atoms. The molecule has 0 atom stereocenters. The van der Waals surface area contributed by atoms with E-state index in [-0.39, 0.29) is 10.4 Å². The standard InChI is InChI=1S/C8H6BrIO.C5H14NO/c9-5-6-1-3-7(4-2-6)8(10)11;1-6(2,3)4-5-7/h1-4H,5H2;7H,4-5H2,1-3H3/q;+1. The summed E-state index contributed by atoms with van der Waals surface area (Å²) in [7, 11) is 6.16. The molecule has 0 aliphatic heterocycles. The molecule has 18 heavy (non-hydrogen) atoms. The second-order valence-electron chi connectivity index (χ2n) is 4.84. The Labute approximate surface area is 131 Å². The number of likely N-dealkylation sites (N-methyl/N-ethyl adjacent to an activating group) is 1. The molecule has 0 amide bonds. The van der Waals surface area contributed by atoms with Crippen molar-refractivity contribution in [3.63, 3.8) is 0 Å². The van der Waals surface area contributed by atoms with Crippen molar-refractivity contribution < 1.29 is 14.4 Å². The third-order valence-electron chi connectivity index (χ3n) is 2.11. The van der Waals surface area contributed by atoms with Crippen LogP contribution in [0, 0.1) is 0 Å². The molecule has 0 heterocycles. The van der Waals surface area contributed by atoms with Crippen LogP contribution in [0.3, 0.4) is 0 Å². The van der Waals surface area contributed by atoms with E-state index in [1.165, 1.54) is 5.56 Å². The number of benzene rings is 1. The van der Waals surface area contributed by atoms with E-state index in [1.54, 1.807) is 22.6 Å². The number of quaternary nitrogens is 1. The van der Waals surface area contributed by atoms with Gasteiger partial charge in [0.1, 0.15) is 6.54 Å². The van der Waals surface area contributed by atoms with Gasteiger partial charge in [0.25, 0.3) is 0 Å². The van der Waals surface area contributed by atoms with E-state index in [0.717, 1.165) is 21.9 Å². The first-order chi connectivity index (χ1) is 8.30. The summed E-state index contributed by atoms with van der Waals surface area (Å²) < 4.78 is 0.931. The molecule has 102 valence electrons. The largest absolute Gasteiger partial charge is 0.391 e. The lowest BCUT2D eigenvalue weighted by Crippen LogP contribution is -2.36. The first-order valence-electron chi connectivity index (χ1n) is 5.56. The van der Waals surface area contributed by atoms with Crippen LogP contribution in [0.25, 0.3) is 0 Å². The van der Waals surface area contributed by atoms with Gasteiger partial charge in [0, 0.05) is 33.5 Å². The van der Waals surface area contributed by atoms with Crippen LogP contribution >= 0.6 is 38.5 Å². The molecule has 0 saturated heterocycles. The Morgan fingerprint density at radius 3 is 2.00 bits per heavy atom. The Morgan fingerprint density at radius 1 is 1.28 bits per heavy atom. The average molecular weight is 429 g/mol. The molecule has 1 aromatic carbocycles. The van der Waals surface area contributed by atoms with Crippen LogP contribution in [-0.4, -0.2) is 47.7 Å². The number of carbonyl (C=O) groups is 1. The zero-order chi connectivity index (χ0) is 14.2. The predicted octanol–water partition coefficient (Wildman–Crippen LogP) is 2.84. The van der Waals surface area contributed by atoms with Crippen molar-refractivity contribution in [2.24, 2.45) is 0 Å². The van der Waals surface area contributed by atoms with Crippen LogP contribution in [0.15, 0.2) is 24.3 Å². The van der Waals surface area contributed by atoms with Crippen LogP contribution in [0.5, 0.6) is 0 Å². The van der Waals surface area contributed by atoms with Gasteiger partial charge < -0.3 is 9.59 Å². The Kier molecular flexibility index (Phi) is 9.02. The minimum Gasteiger partial charge on any atom is -0.391 e. The Bertz CT molecular complexity index is 360. The van der Waals surface area contributed by atoms with Crippen LogP contribution < -0.4 is 0 Å². The Balaban J connectivity index is 0.000000360. The van der Waals surface area contributed by atoms with E-state index in [4.69, 9.17) is 5.11 Å². The van der Waals surface area contributed by atoms with Gasteiger partial charge in [0.2, 0.25) is 3.79 Å². The van der Waals surface area contributed by atoms with Gasteiger partial charge >= 0.3 is 0 Å². The summed E-state index contributed by atoms with van der Waals surface area (Å²) >= 11 is 5.11. The van der Waals surface area contributed by atoms with E-state index in [2.05, 4.69) is 37.1 Å². The molecular weight excluding hydrogens is 409 g/mol. The number of hydrogen-bond acceptors (Lipinski definition) is 2. The third kappa shape index (κ3) is 9.02. The first-order valence-corrected chi connectivity index (χ1v) is 7.76. The van der Waals surface area contributed by atoms with Gasteiger partial charge in [0.05, 0.1) is 27.7 Å². The summed E-state index contributed by atoms with van der Waals surface area (Å²) in [5, 5.41) is 9.22. The van der Waals surface area contributed by atoms with Crippen molar-refractivity contribution in [2.45, 2.75) is 5.33 Å². The van der Waals surface area contributed by atoms with Gasteiger partial charge in [-0.05, 0) is 5.56 Å². The minimum absolute atomic E-state index is 0.0868. The maximum atomic E-state index is 10.8. The number of halogens is 2. The number of aliphatic hydroxyl groups excluding tert-OH is 1. The van der Waals surface area contributed by atoms with Crippen LogP contribution in [0.4, 0.5) is 0 Å². The normalized spacial score (nSPS) is 10.6. The number of alkyl halides is 1. The van der Waals surface area contributed by atoms with Gasteiger partial charge in [-0.25, -0.2) is 0 Å². The topological polar surface area (TPSA) is 37.3 Å². The first kappa shape index (κ1) is 18.0. The van der Waals surface area contributed by atoms with Crippen molar-refractivity contribution >= 4 is 42.3 Å². The lowest BCUT2D eigenvalue weighted by Gasteiger charge is -2.21. The highest BCUT2D eigenvalue weighted by Gasteiger charge is 2.02. The van der Waals surface area contributed by atoms with Crippen molar-refractivity contribution in [3.8, 4) is 0 Å². The summed E-state index contributed by atoms with van der Waals surface area (Å²) in [5.41, 5.74) is 1.95. The quantitative estimate of drug-likeness (QED) is 0.346. The Hall–Kier alpha value is 0.0200. The van der Waals surface area contributed by atoms with E-state index in [0.29, 0.717) is 0 Å². The zero-order valence-electron chi connectivity index (χ0n) is 11.0. The summed E-state index contributed by atoms with van der Waals surface area (Å²) in [6.07, 6.45) is 0. The van der Waals surface area contributed by atoms with Crippen LogP contribution in [0.2, 0.25) is 0 Å². The number of nitrogens with zero attached hydrogens (tertiary/aromatic N) is 1. The Morgan fingerprint density at radius 2 is 1.78 bits per heavy atom. The van der Waals surface area contributed by atoms with E-state index >= 15 is 0 Å². The number of hydrogen-bond donors (Lipinski definition) is 1. The molecule has 0 aliphatic rings. The van der Waals surface area contributed by atoms with E-state index in [9.17, 15) is 4.79 Å². The molecule has 0 unspecified atom stereocenters. The van der Waals surface area contributed by atoms with Crippen molar-refractivity contribution in [2.75, 3.05) is 34.3 Å². The predicted molar refractivity (Wildman–Crippen MR) is 87.4 cm³/mol. The van der Waals surface area contributed by atoms with Crippen molar-refractivity contribution in [1.29, 1.82) is 0 Å². The average Bonchev–Trinajstić information content (AvgIpc) is 2.28. The minimum atomic E-state index is 0.0868. The fraction of sp³-hybridized carbons (Fsp3) is 0.462. The van der Waals surface area contributed by atoms with Gasteiger partial charge in [-0.2, -0.15) is 0 Å². The summed E-state index contributed by atoms with van der Waals surface area (Å²) in [6, 6.07) is 7.57. The highest BCUT2D eigenvalue weighted by Crippen LogP contribution is 2.10. The van der Waals surface area contributed by atoms with Crippen molar-refractivity contribution in [1.82, 2.24) is 0 Å². The van der Waals surface area contributed by atoms with Gasteiger partial charge in [-0.3, -0.25) is 4.79 Å². The van der Waals surface area contributed by atoms with Crippen molar-refractivity contribution in [3.05, 3.63) is 35.4 Å². The highest BCUT2D eigenvalue weighted by molar-refractivity contribution is 14.1. The zero-order valence-corrected chi connectivity index (χ0v) is 14.7. The molecule has 0 radical (unpaired) electrons. The second-order valence-corrected chi connectivity index (χ2v) is 6.38. The molecule has 0 aliphatic carbocycles. The third-order valence-corrected chi connectivity index (χ3v) is 3.38. The number of rotatable bonds is 4. The van der Waals surface area contributed by atoms with Crippen LogP contribution in [0.1, 0.15) is 15.9 Å². The second kappa shape index (κ2) is 9.01. The molecule has 0 aromatic heterocycles. The maximum Gasteiger partial charge on any atom is 0.222 e. The monoisotopic (exact) mass is 428 g/mol. The maximum absolute atomic E-state index is 10.8. The fourth-order valence-electron chi connectivity index (χ4n) is 1.02. The molecule has 0 bridgehead atoms. The SMILES string of the molecule is C[N+](C)(C)CCO.O=C(I)c1ccc(CBr)cc1. The fourth-order valence-corrected chi connectivity index (χ4v) is 1.76. The van der Waals surface area contributed by atoms with Gasteiger partial charge in [0.15, 0.2) is 0 Å². The molecule has 3 nitrogen and oxygen atoms in total. The molecule has 0 saturated carbocycles. The number of aliphatic hydroxyl groups is 1. The molecule has 1 rings (SSSR count). The summed E-state index contributed by atoms with van der Waals surface area (Å²) in [6.45, 7) is 1.11. The van der Waals surface area contributed by atoms with Gasteiger partial charge in [-0.15, -0.1) is 0 Å². The smallest absolute Gasteiger partial charge is 0.222 e. The van der Waals surface area contributed by atoms with Crippen LogP contribution in [-0.2, 0) is 5.33 Å². The summed E-state index contributed by atoms with van der Waals surface area (Å²) in [5.74, 6) is 0. The lowest BCUT2D eigenvalue weighted by molar-refractivity contribution is -0.870.